The van der Waals surface area contributed by atoms with Crippen LogP contribution in [0.4, 0.5) is 13.2 Å². The van der Waals surface area contributed by atoms with Crippen molar-refractivity contribution >= 4 is 23.7 Å². The summed E-state index contributed by atoms with van der Waals surface area (Å²) < 4.78 is 58.2. The van der Waals surface area contributed by atoms with Crippen molar-refractivity contribution in [2.45, 2.75) is 179 Å². The minimum atomic E-state index is -4.06. The van der Waals surface area contributed by atoms with Crippen molar-refractivity contribution < 1.29 is 31.1 Å². The molecule has 2 aromatic rings. The molecule has 4 nitrogen and oxygen atoms in total. The van der Waals surface area contributed by atoms with Gasteiger partial charge in [0.2, 0.25) is 0 Å². The van der Waals surface area contributed by atoms with Crippen molar-refractivity contribution in [2.24, 2.45) is 10.8 Å². The standard InChI is InChI=1S/C15H14.C5H9F3.C5H12.C4H12Si.C3H6O.C3H8.C2H6O2S.C2H6O.6CH4/c1-15(2)13-9-5-3-7-11(13)12-8-4-6-10-14(12)15;1-4(2,3)5(6,7)8;2*1-5(2,3)4;1-3(2)4;1-3-2;1-5(2,3)4;1-3-2;;;;;;/h3-10H,1-2H3;1-3H3;2*1-4H3;1-2H3;3H2,1-2H3;1-2H3;1-2H3;6*1H4. The Kier molecular flexibility index (Phi) is 54.6. The number of hydrogen-bond acceptors (Lipinski definition) is 4. The van der Waals surface area contributed by atoms with Crippen LogP contribution in [0, 0.1) is 10.8 Å². The van der Waals surface area contributed by atoms with Crippen molar-refractivity contribution in [3.63, 3.8) is 0 Å². The first-order valence-corrected chi connectivity index (χ1v) is 22.6. The van der Waals surface area contributed by atoms with Gasteiger partial charge in [0.05, 0.1) is 5.41 Å². The van der Waals surface area contributed by atoms with Gasteiger partial charge in [-0.1, -0.05) is 202 Å². The second-order valence-electron chi connectivity index (χ2n) is 16.6. The van der Waals surface area contributed by atoms with E-state index in [9.17, 15) is 26.4 Å². The number of rotatable bonds is 0. The number of carbonyl (C=O) groups excluding carboxylic acids is 1. The summed E-state index contributed by atoms with van der Waals surface area (Å²) in [5.41, 5.74) is 4.80. The summed E-state index contributed by atoms with van der Waals surface area (Å²) in [6.45, 7) is 33.4. The molecule has 0 saturated carbocycles. The molecular formula is C45H97F3O4SSi. The molecule has 2 aromatic carbocycles. The van der Waals surface area contributed by atoms with Crippen LogP contribution in [0.2, 0.25) is 26.2 Å². The molecule has 0 heterocycles. The van der Waals surface area contributed by atoms with Crippen LogP contribution >= 0.6 is 0 Å². The van der Waals surface area contributed by atoms with Crippen molar-refractivity contribution in [2.75, 3.05) is 26.7 Å². The average Bonchev–Trinajstić information content (AvgIpc) is 3.03. The Balaban J connectivity index is -0.0000000464. The molecule has 0 amide bonds. The Morgan fingerprint density at radius 1 is 0.667 bits per heavy atom. The maximum atomic E-state index is 11.6. The van der Waals surface area contributed by atoms with Crippen LogP contribution in [-0.4, -0.2) is 55.2 Å². The van der Waals surface area contributed by atoms with E-state index in [0.717, 1.165) is 33.3 Å². The molecule has 0 atom stereocenters. The molecule has 0 radical (unpaired) electrons. The van der Waals surface area contributed by atoms with Crippen LogP contribution < -0.4 is 0 Å². The first-order chi connectivity index (χ1) is 21.0. The molecule has 9 heteroatoms. The van der Waals surface area contributed by atoms with E-state index >= 15 is 0 Å². The monoisotopic (exact) mass is 819 g/mol. The minimum absolute atomic E-state index is 0. The van der Waals surface area contributed by atoms with E-state index in [1.807, 2.05) is 0 Å². The Hall–Kier alpha value is -1.97. The molecule has 0 bridgehead atoms. The highest BCUT2D eigenvalue weighted by molar-refractivity contribution is 7.89. The third kappa shape index (κ3) is 59.3. The summed E-state index contributed by atoms with van der Waals surface area (Å²) in [7, 11) is -0.0278. The van der Waals surface area contributed by atoms with E-state index < -0.39 is 29.5 Å². The molecule has 54 heavy (non-hydrogen) atoms. The molecule has 3 rings (SSSR count). The fraction of sp³-hybridized carbons (Fsp3) is 0.711. The number of halogens is 3. The van der Waals surface area contributed by atoms with Gasteiger partial charge in [-0.2, -0.15) is 13.2 Å². The normalized spacial score (nSPS) is 11.0. The first kappa shape index (κ1) is 80.5. The number of methoxy groups -OCH3 is 1. The quantitative estimate of drug-likeness (QED) is 0.248. The van der Waals surface area contributed by atoms with E-state index in [1.165, 1.54) is 42.5 Å². The number of Topliss-reactive ketones (excluding diaryl/α,β-unsaturated/α-hetero) is 1. The zero-order valence-electron chi connectivity index (χ0n) is 34.5. The lowest BCUT2D eigenvalue weighted by Crippen LogP contribution is -2.28. The van der Waals surface area contributed by atoms with E-state index in [-0.39, 0.29) is 55.8 Å². The number of alkyl halides is 3. The van der Waals surface area contributed by atoms with Crippen molar-refractivity contribution in [3.8, 4) is 11.1 Å². The van der Waals surface area contributed by atoms with Crippen LogP contribution in [0.3, 0.4) is 0 Å². The molecular weight excluding hydrogens is 722 g/mol. The van der Waals surface area contributed by atoms with Crippen LogP contribution in [-0.2, 0) is 24.8 Å². The molecule has 0 saturated heterocycles. The van der Waals surface area contributed by atoms with Gasteiger partial charge in [0.15, 0.2) is 0 Å². The third-order valence-corrected chi connectivity index (χ3v) is 4.34. The molecule has 0 aliphatic heterocycles. The van der Waals surface area contributed by atoms with Crippen LogP contribution in [0.5, 0.6) is 0 Å². The average molecular weight is 819 g/mol. The zero-order chi connectivity index (χ0) is 40.0. The zero-order valence-corrected chi connectivity index (χ0v) is 36.3. The van der Waals surface area contributed by atoms with Gasteiger partial charge in [-0.05, 0) is 41.5 Å². The van der Waals surface area contributed by atoms with Gasteiger partial charge in [0.1, 0.15) is 15.6 Å². The second kappa shape index (κ2) is 36.7. The van der Waals surface area contributed by atoms with Gasteiger partial charge in [-0.3, -0.25) is 0 Å². The van der Waals surface area contributed by atoms with Gasteiger partial charge in [0, 0.05) is 40.2 Å². The molecule has 0 unspecified atom stereocenters. The van der Waals surface area contributed by atoms with Crippen LogP contribution in [0.15, 0.2) is 48.5 Å². The van der Waals surface area contributed by atoms with Gasteiger partial charge in [0.25, 0.3) is 0 Å². The lowest BCUT2D eigenvalue weighted by Gasteiger charge is -2.21. The summed E-state index contributed by atoms with van der Waals surface area (Å²) in [6.07, 6.45) is -0.493. The molecule has 1 aliphatic rings. The van der Waals surface area contributed by atoms with E-state index in [2.05, 4.69) is 135 Å². The fourth-order valence-electron chi connectivity index (χ4n) is 2.67. The maximum Gasteiger partial charge on any atom is 0.393 e. The van der Waals surface area contributed by atoms with Crippen molar-refractivity contribution in [1.29, 1.82) is 0 Å². The lowest BCUT2D eigenvalue weighted by molar-refractivity contribution is -0.204. The number of ketones is 1. The van der Waals surface area contributed by atoms with Gasteiger partial charge in [-0.25, -0.2) is 8.42 Å². The SMILES string of the molecule is C.C.C.C.C.C.CC(C)(C)C.CC(C)(C)C(F)(F)F.CC(C)=O.CC1(C)c2ccccc2-c2ccccc21.CCC.COC.CS(C)(=O)=O.C[Si](C)(C)C. The Bertz CT molecular complexity index is 1120. The highest BCUT2D eigenvalue weighted by atomic mass is 32.2. The summed E-state index contributed by atoms with van der Waals surface area (Å²) >= 11 is 0. The number of ether oxygens (including phenoxy) is 1. The summed E-state index contributed by atoms with van der Waals surface area (Å²) in [5.74, 6) is 0.167. The predicted molar refractivity (Wildman–Crippen MR) is 250 cm³/mol. The minimum Gasteiger partial charge on any atom is -0.388 e. The fourth-order valence-corrected chi connectivity index (χ4v) is 2.67. The maximum absolute atomic E-state index is 11.6. The molecule has 0 aromatic heterocycles. The van der Waals surface area contributed by atoms with Crippen LogP contribution in [0.1, 0.15) is 152 Å². The van der Waals surface area contributed by atoms with Crippen molar-refractivity contribution in [3.05, 3.63) is 59.7 Å². The number of hydrogen-bond donors (Lipinski definition) is 0. The highest BCUT2D eigenvalue weighted by Crippen LogP contribution is 2.48. The third-order valence-electron chi connectivity index (χ3n) is 4.34. The number of sulfone groups is 1. The molecule has 332 valence electrons. The topological polar surface area (TPSA) is 60.4 Å². The largest absolute Gasteiger partial charge is 0.393 e. The molecule has 0 fully saturated rings. The smallest absolute Gasteiger partial charge is 0.388 e. The number of benzene rings is 2. The van der Waals surface area contributed by atoms with Gasteiger partial charge >= 0.3 is 6.18 Å². The Morgan fingerprint density at radius 3 is 0.926 bits per heavy atom. The van der Waals surface area contributed by atoms with Crippen LogP contribution in [0.25, 0.3) is 11.1 Å². The highest BCUT2D eigenvalue weighted by Gasteiger charge is 2.43. The van der Waals surface area contributed by atoms with E-state index in [4.69, 9.17) is 0 Å². The van der Waals surface area contributed by atoms with E-state index in [0.29, 0.717) is 5.41 Å². The molecule has 1 aliphatic carbocycles. The Labute approximate surface area is 340 Å². The number of fused-ring (bicyclic) bond motifs is 3. The lowest BCUT2D eigenvalue weighted by atomic mass is 9.82. The van der Waals surface area contributed by atoms with Gasteiger partial charge < -0.3 is 9.53 Å². The predicted octanol–water partition coefficient (Wildman–Crippen LogP) is 16.3. The number of carbonyl (C=O) groups is 1. The molecule has 0 spiro atoms. The second-order valence-corrected chi connectivity index (χ2v) is 24.9. The summed E-state index contributed by atoms with van der Waals surface area (Å²) in [6, 6.07) is 17.4. The summed E-state index contributed by atoms with van der Waals surface area (Å²) in [5, 5.41) is 0. The summed E-state index contributed by atoms with van der Waals surface area (Å²) in [4.78, 5) is 9.44. The molecule has 0 N–H and O–H groups in total. The van der Waals surface area contributed by atoms with Crippen molar-refractivity contribution in [1.82, 2.24) is 0 Å². The Morgan fingerprint density at radius 2 is 0.796 bits per heavy atom. The first-order valence-electron chi connectivity index (χ1n) is 16.3. The van der Waals surface area contributed by atoms with E-state index in [1.54, 1.807) is 14.2 Å². The van der Waals surface area contributed by atoms with Gasteiger partial charge in [-0.15, -0.1) is 0 Å².